The molecule has 3 aromatic carbocycles. The first-order chi connectivity index (χ1) is 33.4. The Morgan fingerprint density at radius 3 is 2.03 bits per heavy atom. The van der Waals surface area contributed by atoms with Gasteiger partial charge in [0.1, 0.15) is 18.7 Å². The number of methoxy groups -OCH3 is 2. The molecule has 0 saturated carbocycles. The smallest absolute Gasteiger partial charge is 0.416 e. The molecule has 4 N–H and O–H groups in total. The number of ether oxygens (including phenoxy) is 5. The van der Waals surface area contributed by atoms with Crippen molar-refractivity contribution in [2.24, 2.45) is 16.8 Å². The predicted molar refractivity (Wildman–Crippen MR) is 260 cm³/mol. The number of aliphatic imine (C=N–C) groups is 1. The monoisotopic (exact) mass is 963 g/mol. The van der Waals surface area contributed by atoms with E-state index in [1.165, 1.54) is 38.2 Å². The molecule has 0 radical (unpaired) electrons. The molecule has 4 heterocycles. The van der Waals surface area contributed by atoms with Crippen molar-refractivity contribution in [3.05, 3.63) is 89.5 Å². The third-order valence-electron chi connectivity index (χ3n) is 12.5. The third-order valence-corrected chi connectivity index (χ3v) is 12.5. The molecule has 4 aliphatic rings. The number of nitrogens with zero attached hydrogens (tertiary/aromatic N) is 4. The van der Waals surface area contributed by atoms with Crippen LogP contribution in [0.4, 0.5) is 21.9 Å². The molecule has 19 heteroatoms. The van der Waals surface area contributed by atoms with Crippen LogP contribution in [-0.4, -0.2) is 128 Å². The molecule has 2 fully saturated rings. The van der Waals surface area contributed by atoms with Gasteiger partial charge >= 0.3 is 6.09 Å². The number of amides is 6. The van der Waals surface area contributed by atoms with Crippen LogP contribution in [0.2, 0.25) is 0 Å². The van der Waals surface area contributed by atoms with Gasteiger partial charge in [-0.3, -0.25) is 29.0 Å². The number of aliphatic hydroxyl groups is 1. The van der Waals surface area contributed by atoms with Crippen LogP contribution in [0, 0.1) is 11.8 Å². The molecule has 70 heavy (non-hydrogen) atoms. The molecular formula is C51H61N7O12. The van der Waals surface area contributed by atoms with Crippen molar-refractivity contribution < 1.29 is 57.6 Å². The lowest BCUT2D eigenvalue weighted by molar-refractivity contribution is -0.132. The van der Waals surface area contributed by atoms with Gasteiger partial charge in [0.25, 0.3) is 11.8 Å². The van der Waals surface area contributed by atoms with E-state index in [9.17, 15) is 33.9 Å². The van der Waals surface area contributed by atoms with Gasteiger partial charge in [-0.05, 0) is 55.5 Å². The number of aliphatic hydroxyl groups excluding tert-OH is 1. The molecule has 0 aliphatic carbocycles. The molecule has 0 aromatic heterocycles. The minimum Gasteiger partial charge on any atom is -0.493 e. The van der Waals surface area contributed by atoms with Crippen LogP contribution in [0.5, 0.6) is 23.0 Å². The first-order valence-corrected chi connectivity index (χ1v) is 23.2. The fraction of sp³-hybridized carbons (Fsp3) is 0.431. The third kappa shape index (κ3) is 10.9. The number of fused-ring (bicyclic) bond motifs is 4. The Morgan fingerprint density at radius 2 is 1.39 bits per heavy atom. The number of benzene rings is 3. The van der Waals surface area contributed by atoms with E-state index in [1.807, 2.05) is 0 Å². The van der Waals surface area contributed by atoms with Crippen molar-refractivity contribution in [1.82, 2.24) is 20.4 Å². The summed E-state index contributed by atoms with van der Waals surface area (Å²) in [6.07, 6.45) is 0.558. The van der Waals surface area contributed by atoms with E-state index in [-0.39, 0.29) is 85.2 Å². The van der Waals surface area contributed by atoms with E-state index >= 15 is 0 Å². The van der Waals surface area contributed by atoms with Gasteiger partial charge in [-0.15, -0.1) is 0 Å². The first-order valence-electron chi connectivity index (χ1n) is 23.2. The largest absolute Gasteiger partial charge is 0.493 e. The molecule has 6 amide bonds. The van der Waals surface area contributed by atoms with Crippen LogP contribution in [0.3, 0.4) is 0 Å². The zero-order valence-corrected chi connectivity index (χ0v) is 40.5. The average molecular weight is 964 g/mol. The number of rotatable bonds is 17. The first kappa shape index (κ1) is 50.5. The zero-order valence-electron chi connectivity index (χ0n) is 40.5. The van der Waals surface area contributed by atoms with E-state index in [4.69, 9.17) is 23.7 Å². The molecule has 0 bridgehead atoms. The fourth-order valence-electron chi connectivity index (χ4n) is 8.59. The Hall–Kier alpha value is -7.41. The van der Waals surface area contributed by atoms with Crippen LogP contribution in [0.25, 0.3) is 0 Å². The topological polar surface area (TPSA) is 227 Å². The minimum atomic E-state index is -1.53. The molecule has 0 spiro atoms. The number of hydrogen-bond acceptors (Lipinski definition) is 13. The molecule has 5 atom stereocenters. The highest BCUT2D eigenvalue weighted by atomic mass is 16.6. The standard InChI is InChI=1S/C51H61N7O12/c1-27(2)44(55-45(59)28(3)4)47(61)53-31(7)46(60)54-33-13-11-32(12-14-33)26-70-51(65)58-38-22-43(41(67-9)20-36(38)49(63)57-25-30(6)18-39(57)50(58)64)69-16-10-15-68-42-21-37-35(19-40(42)66-8)48(62)56-24-29(5)17-34(56)23-52-37/h11-14,19-23,27-28,31,34,39,44,50,64H,5-6,10,15-18,24-26H2,1-4,7-9H3,(H,53,61)(H,54,60)(H,55,59)/t31-,34-,39-,44-,50?/m0/s1. The van der Waals surface area contributed by atoms with Crippen molar-refractivity contribution in [2.45, 2.75) is 90.9 Å². The lowest BCUT2D eigenvalue weighted by Crippen LogP contribution is -2.54. The summed E-state index contributed by atoms with van der Waals surface area (Å²) < 4.78 is 29.3. The summed E-state index contributed by atoms with van der Waals surface area (Å²) in [5.74, 6) is -1.21. The lowest BCUT2D eigenvalue weighted by atomic mass is 10.0. The van der Waals surface area contributed by atoms with E-state index in [1.54, 1.807) is 75.2 Å². The maximum absolute atomic E-state index is 14.1. The second-order valence-corrected chi connectivity index (χ2v) is 18.4. The Labute approximate surface area is 406 Å². The van der Waals surface area contributed by atoms with Crippen molar-refractivity contribution in [1.29, 1.82) is 0 Å². The van der Waals surface area contributed by atoms with Gasteiger partial charge in [-0.25, -0.2) is 9.69 Å². The molecule has 19 nitrogen and oxygen atoms in total. The SMILES string of the molecule is C=C1C[C@H]2C=Nc3cc(OCCCOc4cc5c(cc4OC)C(=O)N4CC(=C)C[C@H]4C(O)N5C(=O)OCc4ccc(NC(=O)[C@H](C)NC(=O)[C@@H](NC(=O)C(C)C)C(C)C)cc4)c(OC)cc3C(=O)N2C1. The van der Waals surface area contributed by atoms with Gasteiger partial charge in [0, 0.05) is 49.5 Å². The molecular weight excluding hydrogens is 903 g/mol. The average Bonchev–Trinajstić information content (AvgIpc) is 3.87. The highest BCUT2D eigenvalue weighted by Crippen LogP contribution is 2.43. The maximum atomic E-state index is 14.1. The Bertz CT molecular complexity index is 2590. The molecule has 7 rings (SSSR count). The van der Waals surface area contributed by atoms with Crippen molar-refractivity contribution >= 4 is 58.9 Å². The zero-order chi connectivity index (χ0) is 50.6. The predicted octanol–water partition coefficient (Wildman–Crippen LogP) is 5.52. The fourth-order valence-corrected chi connectivity index (χ4v) is 8.59. The molecule has 372 valence electrons. The summed E-state index contributed by atoms with van der Waals surface area (Å²) in [5.41, 5.74) is 3.63. The lowest BCUT2D eigenvalue weighted by Gasteiger charge is -2.31. The van der Waals surface area contributed by atoms with E-state index in [2.05, 4.69) is 34.1 Å². The minimum absolute atomic E-state index is 0.0467. The van der Waals surface area contributed by atoms with E-state index in [0.717, 1.165) is 10.5 Å². The number of carbonyl (C=O) groups excluding carboxylic acids is 6. The van der Waals surface area contributed by atoms with Crippen molar-refractivity contribution in [3.63, 3.8) is 0 Å². The van der Waals surface area contributed by atoms with Crippen molar-refractivity contribution in [3.8, 4) is 23.0 Å². The van der Waals surface area contributed by atoms with Crippen LogP contribution in [-0.2, 0) is 25.7 Å². The van der Waals surface area contributed by atoms with Crippen LogP contribution in [0.15, 0.2) is 77.8 Å². The molecule has 3 aromatic rings. The van der Waals surface area contributed by atoms with Gasteiger partial charge in [0.05, 0.1) is 62.0 Å². The van der Waals surface area contributed by atoms with Gasteiger partial charge in [-0.2, -0.15) is 0 Å². The Morgan fingerprint density at radius 1 is 0.771 bits per heavy atom. The van der Waals surface area contributed by atoms with Gasteiger partial charge in [0.2, 0.25) is 17.7 Å². The van der Waals surface area contributed by atoms with Gasteiger partial charge in [0.15, 0.2) is 29.2 Å². The van der Waals surface area contributed by atoms with Gasteiger partial charge < -0.3 is 54.5 Å². The Balaban J connectivity index is 1.00. The number of anilines is 2. The quantitative estimate of drug-likeness (QED) is 0.0969. The van der Waals surface area contributed by atoms with E-state index < -0.39 is 48.2 Å². The van der Waals surface area contributed by atoms with Gasteiger partial charge in [-0.1, -0.05) is 64.1 Å². The summed E-state index contributed by atoms with van der Waals surface area (Å²) in [6, 6.07) is 10.00. The summed E-state index contributed by atoms with van der Waals surface area (Å²) in [7, 11) is 2.92. The maximum Gasteiger partial charge on any atom is 0.416 e. The molecule has 1 unspecified atom stereocenters. The van der Waals surface area contributed by atoms with E-state index in [0.29, 0.717) is 59.0 Å². The van der Waals surface area contributed by atoms with Crippen LogP contribution in [0.1, 0.15) is 80.2 Å². The normalized spacial score (nSPS) is 19.1. The number of nitrogens with one attached hydrogen (secondary N) is 3. The summed E-state index contributed by atoms with van der Waals surface area (Å²) in [4.78, 5) is 88.8. The highest BCUT2D eigenvalue weighted by Gasteiger charge is 2.46. The second kappa shape index (κ2) is 21.5. The Kier molecular flexibility index (Phi) is 15.5. The number of carbonyl (C=O) groups is 6. The number of hydrogen-bond donors (Lipinski definition) is 4. The van der Waals surface area contributed by atoms with Crippen molar-refractivity contribution in [2.75, 3.05) is 50.7 Å². The molecule has 4 aliphatic heterocycles. The highest BCUT2D eigenvalue weighted by molar-refractivity contribution is 6.06. The summed E-state index contributed by atoms with van der Waals surface area (Å²) in [5, 5.41) is 20.0. The van der Waals surface area contributed by atoms with Crippen LogP contribution >= 0.6 is 0 Å². The summed E-state index contributed by atoms with van der Waals surface area (Å²) in [6.45, 7) is 17.3. The second-order valence-electron chi connectivity index (χ2n) is 18.4. The summed E-state index contributed by atoms with van der Waals surface area (Å²) >= 11 is 0. The van der Waals surface area contributed by atoms with Crippen LogP contribution < -0.4 is 39.8 Å². The molecule has 2 saturated heterocycles.